The number of carbonyl (C=O) groups excluding carboxylic acids is 2. The number of piperidine rings is 1. The van der Waals surface area contributed by atoms with Crippen LogP contribution in [-0.4, -0.2) is 36.5 Å². The van der Waals surface area contributed by atoms with E-state index in [9.17, 15) is 9.59 Å². The van der Waals surface area contributed by atoms with Crippen molar-refractivity contribution in [3.63, 3.8) is 0 Å². The van der Waals surface area contributed by atoms with Gasteiger partial charge in [-0.15, -0.1) is 0 Å². The zero-order valence-electron chi connectivity index (χ0n) is 12.3. The predicted molar refractivity (Wildman–Crippen MR) is 81.3 cm³/mol. The number of hydrogen-bond acceptors (Lipinski definition) is 3. The lowest BCUT2D eigenvalue weighted by molar-refractivity contribution is -0.137. The quantitative estimate of drug-likeness (QED) is 0.806. The number of ether oxygens (including phenoxy) is 1. The molecule has 0 N–H and O–H groups in total. The minimum atomic E-state index is -0.502. The molecule has 4 nitrogen and oxygen atoms in total. The van der Waals surface area contributed by atoms with Gasteiger partial charge in [-0.2, -0.15) is 0 Å². The monoisotopic (exact) mass is 309 g/mol. The smallest absolute Gasteiger partial charge is 0.338 e. The molecule has 2 rings (SSSR count). The topological polar surface area (TPSA) is 46.6 Å². The van der Waals surface area contributed by atoms with E-state index < -0.39 is 5.97 Å². The largest absolute Gasteiger partial charge is 0.452 e. The molecule has 1 aromatic rings. The maximum Gasteiger partial charge on any atom is 0.338 e. The summed E-state index contributed by atoms with van der Waals surface area (Å²) >= 11 is 5.76. The van der Waals surface area contributed by atoms with Crippen LogP contribution in [0.15, 0.2) is 24.3 Å². The Morgan fingerprint density at radius 1 is 1.19 bits per heavy atom. The van der Waals surface area contributed by atoms with Crippen LogP contribution < -0.4 is 0 Å². The highest BCUT2D eigenvalue weighted by Crippen LogP contribution is 2.21. The van der Waals surface area contributed by atoms with Crippen LogP contribution >= 0.6 is 11.6 Å². The van der Waals surface area contributed by atoms with Crippen molar-refractivity contribution in [3.05, 3.63) is 34.9 Å². The first-order chi connectivity index (χ1) is 9.95. The molecule has 21 heavy (non-hydrogen) atoms. The number of amides is 1. The molecule has 1 aromatic carbocycles. The van der Waals surface area contributed by atoms with Gasteiger partial charge in [-0.25, -0.2) is 4.79 Å². The fraction of sp³-hybridized carbons (Fsp3) is 0.500. The van der Waals surface area contributed by atoms with Crippen LogP contribution in [0.2, 0.25) is 5.02 Å². The second kappa shape index (κ2) is 6.94. The van der Waals surface area contributed by atoms with Crippen LogP contribution in [-0.2, 0) is 9.53 Å². The van der Waals surface area contributed by atoms with Crippen molar-refractivity contribution >= 4 is 23.5 Å². The summed E-state index contributed by atoms with van der Waals surface area (Å²) in [5.41, 5.74) is 0.396. The van der Waals surface area contributed by atoms with E-state index in [4.69, 9.17) is 16.3 Å². The van der Waals surface area contributed by atoms with E-state index in [0.29, 0.717) is 22.4 Å². The summed E-state index contributed by atoms with van der Waals surface area (Å²) in [6.07, 6.45) is 1.13. The lowest BCUT2D eigenvalue weighted by Crippen LogP contribution is -2.44. The Kier molecular flexibility index (Phi) is 5.23. The third-order valence-corrected chi connectivity index (χ3v) is 3.88. The highest BCUT2D eigenvalue weighted by Gasteiger charge is 2.25. The molecule has 1 aliphatic heterocycles. The average Bonchev–Trinajstić information content (AvgIpc) is 2.44. The number of rotatable bonds is 3. The fourth-order valence-electron chi connectivity index (χ4n) is 2.75. The molecule has 1 amide bonds. The van der Waals surface area contributed by atoms with Crippen LogP contribution in [0.1, 0.15) is 30.6 Å². The Hall–Kier alpha value is -1.55. The first kappa shape index (κ1) is 15.8. The summed E-state index contributed by atoms with van der Waals surface area (Å²) in [7, 11) is 0. The van der Waals surface area contributed by atoms with Gasteiger partial charge in [0.15, 0.2) is 6.61 Å². The molecule has 0 bridgehead atoms. The SMILES string of the molecule is C[C@@H]1C[C@@H](C)CN(C(=O)COC(=O)c2ccc(Cl)cc2)C1. The van der Waals surface area contributed by atoms with Crippen molar-refractivity contribution in [2.24, 2.45) is 11.8 Å². The maximum absolute atomic E-state index is 12.1. The zero-order chi connectivity index (χ0) is 15.4. The lowest BCUT2D eigenvalue weighted by atomic mass is 9.92. The molecule has 1 fully saturated rings. The molecule has 2 atom stereocenters. The molecule has 0 radical (unpaired) electrons. The third kappa shape index (κ3) is 4.46. The molecular formula is C16H20ClNO3. The van der Waals surface area contributed by atoms with Gasteiger partial charge in [-0.1, -0.05) is 25.4 Å². The second-order valence-corrected chi connectivity index (χ2v) is 6.26. The number of nitrogens with zero attached hydrogens (tertiary/aromatic N) is 1. The van der Waals surface area contributed by atoms with E-state index in [0.717, 1.165) is 19.5 Å². The normalized spacial score (nSPS) is 22.0. The molecule has 0 spiro atoms. The Balaban J connectivity index is 1.86. The highest BCUT2D eigenvalue weighted by atomic mass is 35.5. The number of likely N-dealkylation sites (tertiary alicyclic amines) is 1. The highest BCUT2D eigenvalue weighted by molar-refractivity contribution is 6.30. The van der Waals surface area contributed by atoms with Gasteiger partial charge < -0.3 is 9.64 Å². The Morgan fingerprint density at radius 2 is 1.76 bits per heavy atom. The van der Waals surface area contributed by atoms with Gasteiger partial charge in [-0.05, 0) is 42.5 Å². The molecule has 5 heteroatoms. The summed E-state index contributed by atoms with van der Waals surface area (Å²) in [5.74, 6) is 0.350. The Morgan fingerprint density at radius 3 is 2.33 bits per heavy atom. The van der Waals surface area contributed by atoms with Crippen LogP contribution in [0, 0.1) is 11.8 Å². The van der Waals surface area contributed by atoms with E-state index in [1.165, 1.54) is 0 Å². The van der Waals surface area contributed by atoms with Gasteiger partial charge in [-0.3, -0.25) is 4.79 Å². The summed E-state index contributed by atoms with van der Waals surface area (Å²) in [6, 6.07) is 6.41. The molecule has 0 saturated carbocycles. The van der Waals surface area contributed by atoms with Crippen molar-refractivity contribution in [1.29, 1.82) is 0 Å². The lowest BCUT2D eigenvalue weighted by Gasteiger charge is -2.34. The summed E-state index contributed by atoms with van der Waals surface area (Å²) < 4.78 is 5.08. The molecular weight excluding hydrogens is 290 g/mol. The first-order valence-electron chi connectivity index (χ1n) is 7.16. The molecule has 0 aliphatic carbocycles. The number of carbonyl (C=O) groups is 2. The van der Waals surface area contributed by atoms with Crippen LogP contribution in [0.4, 0.5) is 0 Å². The maximum atomic E-state index is 12.1. The third-order valence-electron chi connectivity index (χ3n) is 3.63. The van der Waals surface area contributed by atoms with Crippen molar-refractivity contribution in [3.8, 4) is 0 Å². The van der Waals surface area contributed by atoms with Gasteiger partial charge >= 0.3 is 5.97 Å². The van der Waals surface area contributed by atoms with Gasteiger partial charge in [0.25, 0.3) is 5.91 Å². The van der Waals surface area contributed by atoms with Gasteiger partial charge in [0, 0.05) is 18.1 Å². The Bertz CT molecular complexity index is 505. The predicted octanol–water partition coefficient (Wildman–Crippen LogP) is 3.00. The van der Waals surface area contributed by atoms with E-state index in [1.54, 1.807) is 29.2 Å². The number of halogens is 1. The Labute approximate surface area is 130 Å². The van der Waals surface area contributed by atoms with Crippen LogP contribution in [0.3, 0.4) is 0 Å². The number of hydrogen-bond donors (Lipinski definition) is 0. The molecule has 0 unspecified atom stereocenters. The molecule has 1 heterocycles. The van der Waals surface area contributed by atoms with Crippen molar-refractivity contribution in [2.45, 2.75) is 20.3 Å². The van der Waals surface area contributed by atoms with Gasteiger partial charge in [0.2, 0.25) is 0 Å². The minimum Gasteiger partial charge on any atom is -0.452 e. The first-order valence-corrected chi connectivity index (χ1v) is 7.54. The van der Waals surface area contributed by atoms with Crippen molar-refractivity contribution in [1.82, 2.24) is 4.90 Å². The zero-order valence-corrected chi connectivity index (χ0v) is 13.1. The van der Waals surface area contributed by atoms with E-state index in [2.05, 4.69) is 13.8 Å². The average molecular weight is 310 g/mol. The van der Waals surface area contributed by atoms with Crippen molar-refractivity contribution < 1.29 is 14.3 Å². The minimum absolute atomic E-state index is 0.129. The molecule has 1 saturated heterocycles. The van der Waals surface area contributed by atoms with Gasteiger partial charge in [0.05, 0.1) is 5.56 Å². The fourth-order valence-corrected chi connectivity index (χ4v) is 2.88. The number of benzene rings is 1. The van der Waals surface area contributed by atoms with Crippen molar-refractivity contribution in [2.75, 3.05) is 19.7 Å². The molecule has 114 valence electrons. The van der Waals surface area contributed by atoms with Crippen LogP contribution in [0.5, 0.6) is 0 Å². The van der Waals surface area contributed by atoms with E-state index >= 15 is 0 Å². The van der Waals surface area contributed by atoms with E-state index in [1.807, 2.05) is 0 Å². The van der Waals surface area contributed by atoms with Crippen LogP contribution in [0.25, 0.3) is 0 Å². The summed E-state index contributed by atoms with van der Waals surface area (Å²) in [6.45, 7) is 5.54. The second-order valence-electron chi connectivity index (χ2n) is 5.83. The summed E-state index contributed by atoms with van der Waals surface area (Å²) in [5, 5.41) is 0.555. The van der Waals surface area contributed by atoms with Gasteiger partial charge in [0.1, 0.15) is 0 Å². The molecule has 1 aliphatic rings. The summed E-state index contributed by atoms with van der Waals surface area (Å²) in [4.78, 5) is 25.7. The van der Waals surface area contributed by atoms with E-state index in [-0.39, 0.29) is 12.5 Å². The molecule has 0 aromatic heterocycles. The standard InChI is InChI=1S/C16H20ClNO3/c1-11-7-12(2)9-18(8-11)15(19)10-21-16(20)13-3-5-14(17)6-4-13/h3-6,11-12H,7-10H2,1-2H3/t11-,12-/m1/s1. The number of esters is 1.